The molecule has 0 spiro atoms. The Morgan fingerprint density at radius 3 is 1.90 bits per heavy atom. The first-order valence-corrected chi connectivity index (χ1v) is 17.3. The zero-order valence-corrected chi connectivity index (χ0v) is 29.8. The molecule has 0 radical (unpaired) electrons. The third-order valence-corrected chi connectivity index (χ3v) is 9.66. The number of aromatic hydroxyl groups is 4. The van der Waals surface area contributed by atoms with Gasteiger partial charge in [-0.2, -0.15) is 0 Å². The predicted molar refractivity (Wildman–Crippen MR) is 188 cm³/mol. The summed E-state index contributed by atoms with van der Waals surface area (Å²) in [6.45, 7) is -1.25. The molecule has 0 aromatic heterocycles. The monoisotopic (exact) mass is 814 g/mol. The average Bonchev–Trinajstić information content (AvgIpc) is 3.18. The van der Waals surface area contributed by atoms with Gasteiger partial charge in [-0.05, 0) is 53.1 Å². The summed E-state index contributed by atoms with van der Waals surface area (Å²) in [7, 11) is 0. The number of rotatable bonds is 14. The van der Waals surface area contributed by atoms with E-state index in [1.807, 2.05) is 0 Å². The summed E-state index contributed by atoms with van der Waals surface area (Å²) < 4.78 is 21.5. The smallest absolute Gasteiger partial charge is 0.345 e. The maximum Gasteiger partial charge on any atom is 0.345 e. The van der Waals surface area contributed by atoms with E-state index in [4.69, 9.17) is 18.9 Å². The lowest BCUT2D eigenvalue weighted by atomic mass is 9.64. The molecule has 20 heteroatoms. The SMILES string of the molecule is O=C(O)C1=C[C@H](C(=O)OCc2ccc(O[C@@H]3O[C@H](CO)[C@@H](O)[C@H](O)[C@H]3O)cc2)[C@@H](C(=O)O)[C@@H](C(=O)OC(Cc2ccc(O)c(O)c2)C(=O)O)[C@@H]1c1ccc(O)c(O)c1. The van der Waals surface area contributed by atoms with Gasteiger partial charge >= 0.3 is 29.8 Å². The summed E-state index contributed by atoms with van der Waals surface area (Å²) in [6.07, 6.45) is -9.71. The number of carbonyl (C=O) groups excluding carboxylic acids is 2. The minimum atomic E-state index is -2.18. The van der Waals surface area contributed by atoms with Crippen LogP contribution in [0.3, 0.4) is 0 Å². The van der Waals surface area contributed by atoms with Crippen molar-refractivity contribution < 1.29 is 99.1 Å². The normalized spacial score (nSPS) is 26.1. The zero-order chi connectivity index (χ0) is 42.6. The van der Waals surface area contributed by atoms with E-state index in [1.165, 1.54) is 30.3 Å². The second-order valence-corrected chi connectivity index (χ2v) is 13.4. The molecule has 2 aliphatic rings. The van der Waals surface area contributed by atoms with Crippen molar-refractivity contribution >= 4 is 29.8 Å². The number of aliphatic hydroxyl groups excluding tert-OH is 4. The highest BCUT2D eigenvalue weighted by atomic mass is 16.7. The number of phenolic OH excluding ortho intramolecular Hbond substituents is 4. The minimum absolute atomic E-state index is 0.0509. The van der Waals surface area contributed by atoms with E-state index in [1.54, 1.807) is 0 Å². The Morgan fingerprint density at radius 1 is 0.707 bits per heavy atom. The van der Waals surface area contributed by atoms with Crippen LogP contribution in [0, 0.1) is 17.8 Å². The standard InChI is InChI=1S/C38H38O20/c39-13-26-30(44)31(45)32(46)38(58-26)56-18-5-1-15(2-6-18)14-55-36(53)20-12-19(33(47)48)27(17-4-8-22(41)24(43)11-17)29(28(20)35(51)52)37(54)57-25(34(49)50)10-16-3-7-21(40)23(42)9-16/h1-9,11-12,20,25-32,38-46H,10,13-14H2,(H,47,48)(H,49,50)(H,51,52)/t20-,25?,26+,27+,28+,29-,30+,31-,32+,38+/m0/s1. The fourth-order valence-corrected chi connectivity index (χ4v) is 6.68. The van der Waals surface area contributed by atoms with Gasteiger partial charge in [0, 0.05) is 17.9 Å². The summed E-state index contributed by atoms with van der Waals surface area (Å²) in [5.41, 5.74) is -0.658. The number of esters is 2. The molecule has 1 unspecified atom stereocenters. The van der Waals surface area contributed by atoms with Gasteiger partial charge in [0.1, 0.15) is 36.8 Å². The third-order valence-electron chi connectivity index (χ3n) is 9.66. The highest BCUT2D eigenvalue weighted by molar-refractivity contribution is 5.96. The van der Waals surface area contributed by atoms with E-state index in [0.717, 1.165) is 36.4 Å². The molecule has 20 nitrogen and oxygen atoms in total. The number of hydrogen-bond donors (Lipinski definition) is 11. The number of aliphatic hydroxyl groups is 4. The van der Waals surface area contributed by atoms with Crippen LogP contribution < -0.4 is 4.74 Å². The number of aliphatic carboxylic acids is 3. The predicted octanol–water partition coefficient (Wildman–Crippen LogP) is -0.288. The number of phenols is 4. The largest absolute Gasteiger partial charge is 0.504 e. The molecule has 1 fully saturated rings. The topological polar surface area (TPSA) is 345 Å². The molecule has 1 heterocycles. The molecule has 1 aliphatic heterocycles. The van der Waals surface area contributed by atoms with Crippen molar-refractivity contribution in [1.29, 1.82) is 0 Å². The molecule has 5 rings (SSSR count). The molecule has 0 bridgehead atoms. The number of hydrogen-bond acceptors (Lipinski definition) is 17. The van der Waals surface area contributed by atoms with Crippen LogP contribution in [0.2, 0.25) is 0 Å². The molecule has 0 amide bonds. The van der Waals surface area contributed by atoms with Crippen molar-refractivity contribution in [3.05, 3.63) is 89.0 Å². The Labute approximate surface area is 326 Å². The molecule has 0 saturated carbocycles. The lowest BCUT2D eigenvalue weighted by molar-refractivity contribution is -0.277. The van der Waals surface area contributed by atoms with Gasteiger partial charge in [0.25, 0.3) is 0 Å². The molecule has 3 aromatic carbocycles. The Bertz CT molecular complexity index is 2060. The lowest BCUT2D eigenvalue weighted by Crippen LogP contribution is -2.60. The van der Waals surface area contributed by atoms with E-state index in [0.29, 0.717) is 0 Å². The fraction of sp³-hybridized carbons (Fsp3) is 0.342. The number of carboxylic acid groups (broad SMARTS) is 3. The molecule has 1 saturated heterocycles. The molecule has 11 N–H and O–H groups in total. The van der Waals surface area contributed by atoms with Crippen LogP contribution in [0.5, 0.6) is 28.7 Å². The molecule has 1 aliphatic carbocycles. The van der Waals surface area contributed by atoms with Gasteiger partial charge in [-0.25, -0.2) is 9.59 Å². The molecule has 58 heavy (non-hydrogen) atoms. The highest BCUT2D eigenvalue weighted by Crippen LogP contribution is 2.47. The van der Waals surface area contributed by atoms with E-state index in [9.17, 15) is 80.1 Å². The van der Waals surface area contributed by atoms with Crippen LogP contribution in [0.4, 0.5) is 0 Å². The highest BCUT2D eigenvalue weighted by Gasteiger charge is 2.54. The van der Waals surface area contributed by atoms with E-state index in [2.05, 4.69) is 0 Å². The Balaban J connectivity index is 1.43. The van der Waals surface area contributed by atoms with Gasteiger partial charge in [-0.15, -0.1) is 0 Å². The first-order valence-electron chi connectivity index (χ1n) is 17.3. The third kappa shape index (κ3) is 9.22. The molecule has 3 aromatic rings. The number of carbonyl (C=O) groups is 5. The average molecular weight is 815 g/mol. The second-order valence-electron chi connectivity index (χ2n) is 13.4. The lowest BCUT2D eigenvalue weighted by Gasteiger charge is -2.39. The first kappa shape index (κ1) is 42.7. The van der Waals surface area contributed by atoms with Crippen molar-refractivity contribution in [2.75, 3.05) is 6.61 Å². The van der Waals surface area contributed by atoms with Gasteiger partial charge in [0.2, 0.25) is 12.4 Å². The van der Waals surface area contributed by atoms with Gasteiger partial charge < -0.3 is 75.1 Å². The minimum Gasteiger partial charge on any atom is -0.504 e. The summed E-state index contributed by atoms with van der Waals surface area (Å²) in [5.74, 6) is -19.0. The summed E-state index contributed by atoms with van der Waals surface area (Å²) in [5, 5.41) is 110. The van der Waals surface area contributed by atoms with Crippen molar-refractivity contribution in [3.8, 4) is 28.7 Å². The van der Waals surface area contributed by atoms with E-state index >= 15 is 0 Å². The fourth-order valence-electron chi connectivity index (χ4n) is 6.68. The van der Waals surface area contributed by atoms with Crippen molar-refractivity contribution in [1.82, 2.24) is 0 Å². The van der Waals surface area contributed by atoms with Gasteiger partial charge in [0.15, 0.2) is 23.0 Å². The van der Waals surface area contributed by atoms with Crippen LogP contribution in [0.15, 0.2) is 72.3 Å². The number of carboxylic acids is 3. The van der Waals surface area contributed by atoms with E-state index in [-0.39, 0.29) is 22.4 Å². The quantitative estimate of drug-likeness (QED) is 0.0736. The Morgan fingerprint density at radius 2 is 1.33 bits per heavy atom. The van der Waals surface area contributed by atoms with Crippen LogP contribution in [-0.4, -0.2) is 129 Å². The molecular formula is C38H38O20. The van der Waals surface area contributed by atoms with Crippen LogP contribution >= 0.6 is 0 Å². The molecule has 10 atom stereocenters. The number of benzene rings is 3. The maximum atomic E-state index is 14.1. The van der Waals surface area contributed by atoms with Crippen LogP contribution in [0.25, 0.3) is 0 Å². The van der Waals surface area contributed by atoms with E-state index < -0.39 is 139 Å². The summed E-state index contributed by atoms with van der Waals surface area (Å²) in [6, 6.07) is 11.5. The Kier molecular flexibility index (Phi) is 13.1. The van der Waals surface area contributed by atoms with Gasteiger partial charge in [-0.3, -0.25) is 14.4 Å². The maximum absolute atomic E-state index is 14.1. The van der Waals surface area contributed by atoms with Crippen molar-refractivity contribution in [3.63, 3.8) is 0 Å². The van der Waals surface area contributed by atoms with Gasteiger partial charge in [-0.1, -0.05) is 30.3 Å². The first-order chi connectivity index (χ1) is 27.4. The number of ether oxygens (including phenoxy) is 4. The zero-order valence-electron chi connectivity index (χ0n) is 29.8. The summed E-state index contributed by atoms with van der Waals surface area (Å²) >= 11 is 0. The Hall–Kier alpha value is -6.45. The van der Waals surface area contributed by atoms with Crippen LogP contribution in [-0.2, 0) is 51.2 Å². The molecule has 310 valence electrons. The van der Waals surface area contributed by atoms with Crippen LogP contribution in [0.1, 0.15) is 22.6 Å². The van der Waals surface area contributed by atoms with Crippen molar-refractivity contribution in [2.24, 2.45) is 17.8 Å². The van der Waals surface area contributed by atoms with Crippen molar-refractivity contribution in [2.45, 2.75) is 55.8 Å². The van der Waals surface area contributed by atoms with Gasteiger partial charge in [0.05, 0.1) is 24.4 Å². The summed E-state index contributed by atoms with van der Waals surface area (Å²) in [4.78, 5) is 65.7. The second kappa shape index (κ2) is 17.8. The molecular weight excluding hydrogens is 776 g/mol.